The van der Waals surface area contributed by atoms with Crippen LogP contribution >= 0.6 is 23.2 Å². The van der Waals surface area contributed by atoms with E-state index in [4.69, 9.17) is 23.2 Å². The molecule has 2 aliphatic rings. The third-order valence-corrected chi connectivity index (χ3v) is 7.97. The maximum Gasteiger partial charge on any atom is 0.273 e. The quantitative estimate of drug-likeness (QED) is 0.451. The van der Waals surface area contributed by atoms with E-state index in [0.29, 0.717) is 34.8 Å². The number of phenolic OH excluding ortho intramolecular Hbond substituents is 1. The minimum Gasteiger partial charge on any atom is -0.506 e. The first-order valence-corrected chi connectivity index (χ1v) is 13.4. The van der Waals surface area contributed by atoms with Crippen molar-refractivity contribution in [2.45, 2.75) is 71.1 Å². The highest BCUT2D eigenvalue weighted by Gasteiger charge is 2.35. The van der Waals surface area contributed by atoms with E-state index in [0.717, 1.165) is 38.2 Å². The second kappa shape index (κ2) is 10.4. The van der Waals surface area contributed by atoms with Gasteiger partial charge in [0, 0.05) is 56.4 Å². The van der Waals surface area contributed by atoms with Crippen LogP contribution < -0.4 is 10.6 Å². The molecule has 4 rings (SSSR count). The van der Waals surface area contributed by atoms with Crippen molar-refractivity contribution < 1.29 is 9.90 Å². The van der Waals surface area contributed by atoms with E-state index in [-0.39, 0.29) is 34.3 Å². The van der Waals surface area contributed by atoms with Crippen LogP contribution in [0.4, 0.5) is 5.69 Å². The number of likely N-dealkylation sites (tertiary alicyclic amines) is 1. The second-order valence-corrected chi connectivity index (χ2v) is 12.0. The van der Waals surface area contributed by atoms with Gasteiger partial charge in [-0.25, -0.2) is 4.98 Å². The summed E-state index contributed by atoms with van der Waals surface area (Å²) >= 11 is 13.1. The minimum absolute atomic E-state index is 0.0672. The van der Waals surface area contributed by atoms with Crippen molar-refractivity contribution in [3.63, 3.8) is 0 Å². The fourth-order valence-corrected chi connectivity index (χ4v) is 5.65. The Morgan fingerprint density at radius 2 is 2.00 bits per heavy atom. The molecule has 0 aliphatic carbocycles. The molecule has 1 amide bonds. The first-order chi connectivity index (χ1) is 16.9. The highest BCUT2D eigenvalue weighted by Crippen LogP contribution is 2.37. The highest BCUT2D eigenvalue weighted by molar-refractivity contribution is 6.32. The van der Waals surface area contributed by atoms with Crippen LogP contribution in [0.1, 0.15) is 69.0 Å². The zero-order chi connectivity index (χ0) is 26.4. The van der Waals surface area contributed by atoms with Gasteiger partial charge in [-0.15, -0.1) is 0 Å². The zero-order valence-electron chi connectivity index (χ0n) is 22.0. The molecule has 0 radical (unpaired) electrons. The Kier molecular flexibility index (Phi) is 7.81. The van der Waals surface area contributed by atoms with E-state index in [9.17, 15) is 9.90 Å². The molecule has 2 aromatic rings. The average Bonchev–Trinajstić information content (AvgIpc) is 3.34. The van der Waals surface area contributed by atoms with Gasteiger partial charge in [0.2, 0.25) is 0 Å². The molecule has 1 aromatic carbocycles. The molecule has 0 saturated carbocycles. The number of hydrogen-bond donors (Lipinski definition) is 3. The van der Waals surface area contributed by atoms with Crippen molar-refractivity contribution in [3.8, 4) is 5.75 Å². The minimum atomic E-state index is -0.187. The number of benzene rings is 1. The van der Waals surface area contributed by atoms with Crippen molar-refractivity contribution in [2.24, 2.45) is 0 Å². The van der Waals surface area contributed by atoms with Gasteiger partial charge in [0.25, 0.3) is 5.91 Å². The van der Waals surface area contributed by atoms with Crippen molar-refractivity contribution in [1.82, 2.24) is 24.7 Å². The normalized spacial score (nSPS) is 19.1. The van der Waals surface area contributed by atoms with Gasteiger partial charge in [0.1, 0.15) is 17.3 Å². The Balaban J connectivity index is 1.67. The van der Waals surface area contributed by atoms with Gasteiger partial charge in [0.05, 0.1) is 18.3 Å². The third kappa shape index (κ3) is 5.32. The molecular weight excluding hydrogens is 499 g/mol. The molecule has 1 unspecified atom stereocenters. The van der Waals surface area contributed by atoms with Crippen LogP contribution in [-0.4, -0.2) is 75.7 Å². The topological polar surface area (TPSA) is 85.7 Å². The first-order valence-electron chi connectivity index (χ1n) is 12.6. The maximum atomic E-state index is 13.6. The number of carbonyl (C=O) groups is 1. The fraction of sp³-hybridized carbons (Fsp3) is 0.615. The number of nitrogens with one attached hydrogen (secondary N) is 2. The second-order valence-electron chi connectivity index (χ2n) is 11.2. The van der Waals surface area contributed by atoms with Crippen LogP contribution in [0.25, 0.3) is 0 Å². The predicted octanol–water partition coefficient (Wildman–Crippen LogP) is 4.50. The summed E-state index contributed by atoms with van der Waals surface area (Å²) in [5, 5.41) is 17.9. The van der Waals surface area contributed by atoms with Gasteiger partial charge in [-0.2, -0.15) is 0 Å². The van der Waals surface area contributed by atoms with Crippen LogP contribution in [-0.2, 0) is 12.0 Å². The van der Waals surface area contributed by atoms with Gasteiger partial charge >= 0.3 is 0 Å². The summed E-state index contributed by atoms with van der Waals surface area (Å²) in [5.74, 6) is 0.626. The van der Waals surface area contributed by atoms with E-state index in [2.05, 4.69) is 55.1 Å². The number of phenols is 1. The summed E-state index contributed by atoms with van der Waals surface area (Å²) < 4.78 is 2.03. The van der Waals surface area contributed by atoms with Gasteiger partial charge in [-0.05, 0) is 37.3 Å². The Morgan fingerprint density at radius 1 is 1.31 bits per heavy atom. The van der Waals surface area contributed by atoms with Gasteiger partial charge < -0.3 is 25.2 Å². The van der Waals surface area contributed by atoms with Crippen LogP contribution in [0.2, 0.25) is 10.2 Å². The number of anilines is 1. The van der Waals surface area contributed by atoms with Gasteiger partial charge in [-0.1, -0.05) is 44.0 Å². The maximum absolute atomic E-state index is 13.6. The average molecular weight is 538 g/mol. The molecule has 0 spiro atoms. The van der Waals surface area contributed by atoms with Crippen molar-refractivity contribution in [2.75, 3.05) is 38.5 Å². The molecule has 2 aliphatic heterocycles. The SMILES string of the molecule is CC(C)N1CCC(n2c(CNc3cc(C(C)(C)C)c(Cl)cc3O)nc(Cl)c2C(=O)N(C)C2CNC2)C1. The number of imidazole rings is 1. The van der Waals surface area contributed by atoms with Gasteiger partial charge in [0.15, 0.2) is 5.15 Å². The van der Waals surface area contributed by atoms with Crippen molar-refractivity contribution in [1.29, 1.82) is 0 Å². The number of amides is 1. The number of halogens is 2. The van der Waals surface area contributed by atoms with Crippen LogP contribution in [0.3, 0.4) is 0 Å². The molecule has 1 atom stereocenters. The summed E-state index contributed by atoms with van der Waals surface area (Å²) in [4.78, 5) is 22.4. The molecule has 8 nitrogen and oxygen atoms in total. The van der Waals surface area contributed by atoms with Crippen molar-refractivity contribution in [3.05, 3.63) is 39.4 Å². The largest absolute Gasteiger partial charge is 0.506 e. The number of carbonyl (C=O) groups excluding carboxylic acids is 1. The van der Waals surface area contributed by atoms with Crippen LogP contribution in [0.5, 0.6) is 5.75 Å². The fourth-order valence-electron chi connectivity index (χ4n) is 4.94. The first kappa shape index (κ1) is 27.0. The number of rotatable bonds is 7. The molecule has 198 valence electrons. The number of nitrogens with zero attached hydrogens (tertiary/aromatic N) is 4. The number of aromatic hydroxyl groups is 1. The summed E-state index contributed by atoms with van der Waals surface area (Å²) in [5.41, 5.74) is 1.75. The molecule has 2 fully saturated rings. The Morgan fingerprint density at radius 3 is 2.56 bits per heavy atom. The molecular formula is C26H38Cl2N6O2. The van der Waals surface area contributed by atoms with Gasteiger partial charge in [-0.3, -0.25) is 9.69 Å². The lowest BCUT2D eigenvalue weighted by Gasteiger charge is -2.36. The Labute approximate surface area is 224 Å². The Hall–Kier alpha value is -2.00. The zero-order valence-corrected chi connectivity index (χ0v) is 23.5. The van der Waals surface area contributed by atoms with E-state index in [1.54, 1.807) is 11.0 Å². The summed E-state index contributed by atoms with van der Waals surface area (Å²) in [6, 6.07) is 4.10. The molecule has 3 N–H and O–H groups in total. The van der Waals surface area contributed by atoms with E-state index in [1.165, 1.54) is 0 Å². The highest BCUT2D eigenvalue weighted by atomic mass is 35.5. The number of likely N-dealkylation sites (N-methyl/N-ethyl adjacent to an activating group) is 1. The van der Waals surface area contributed by atoms with E-state index >= 15 is 0 Å². The molecule has 0 bridgehead atoms. The summed E-state index contributed by atoms with van der Waals surface area (Å²) in [6.45, 7) is 14.2. The monoisotopic (exact) mass is 536 g/mol. The predicted molar refractivity (Wildman–Crippen MR) is 145 cm³/mol. The van der Waals surface area contributed by atoms with Crippen LogP contribution in [0, 0.1) is 0 Å². The number of hydrogen-bond acceptors (Lipinski definition) is 6. The lowest BCUT2D eigenvalue weighted by molar-refractivity contribution is 0.0667. The lowest BCUT2D eigenvalue weighted by Crippen LogP contribution is -2.57. The van der Waals surface area contributed by atoms with E-state index in [1.807, 2.05) is 17.7 Å². The molecule has 2 saturated heterocycles. The summed E-state index contributed by atoms with van der Waals surface area (Å²) in [6.07, 6.45) is 0.910. The molecule has 3 heterocycles. The van der Waals surface area contributed by atoms with Crippen LogP contribution in [0.15, 0.2) is 12.1 Å². The third-order valence-electron chi connectivity index (χ3n) is 7.39. The molecule has 1 aromatic heterocycles. The Bertz CT molecular complexity index is 1120. The standard InChI is InChI=1S/C26H38Cl2N6O2/c1-15(2)33-8-7-16(14-33)34-22(31-24(28)23(34)25(36)32(6)17-11-29-12-17)13-30-20-9-18(26(3,4)5)19(27)10-21(20)35/h9-10,15-17,29-30,35H,7-8,11-14H2,1-6H3. The lowest BCUT2D eigenvalue weighted by atomic mass is 9.86. The smallest absolute Gasteiger partial charge is 0.273 e. The summed E-state index contributed by atoms with van der Waals surface area (Å²) in [7, 11) is 1.83. The molecule has 10 heteroatoms. The number of aromatic nitrogens is 2. The van der Waals surface area contributed by atoms with Crippen molar-refractivity contribution >= 4 is 34.8 Å². The molecule has 36 heavy (non-hydrogen) atoms. The van der Waals surface area contributed by atoms with E-state index < -0.39 is 0 Å².